The molecule has 1 unspecified atom stereocenters. The lowest BCUT2D eigenvalue weighted by molar-refractivity contribution is 0.447. The second-order valence-corrected chi connectivity index (χ2v) is 4.23. The Hall–Kier alpha value is -1.03. The highest BCUT2D eigenvalue weighted by molar-refractivity contribution is 5.27. The minimum atomic E-state index is 0.260. The van der Waals surface area contributed by atoms with Crippen LogP contribution in [0.15, 0.2) is 10.6 Å². The lowest BCUT2D eigenvalue weighted by atomic mass is 10.1. The molecule has 0 saturated carbocycles. The number of anilines is 1. The van der Waals surface area contributed by atoms with Gasteiger partial charge in [-0.3, -0.25) is 0 Å². The van der Waals surface area contributed by atoms with Crippen molar-refractivity contribution in [3.63, 3.8) is 0 Å². The summed E-state index contributed by atoms with van der Waals surface area (Å²) in [5.74, 6) is 1.16. The van der Waals surface area contributed by atoms with Crippen molar-refractivity contribution in [2.45, 2.75) is 32.1 Å². The summed E-state index contributed by atoms with van der Waals surface area (Å²) in [7, 11) is 0. The maximum absolute atomic E-state index is 5.71. The molecule has 2 rings (SSSR count). The van der Waals surface area contributed by atoms with E-state index in [1.54, 1.807) is 0 Å². The summed E-state index contributed by atoms with van der Waals surface area (Å²) in [4.78, 5) is 6.53. The summed E-state index contributed by atoms with van der Waals surface area (Å²) in [5.41, 5.74) is 5.59. The molecule has 2 N–H and O–H groups in total. The van der Waals surface area contributed by atoms with Gasteiger partial charge >= 0.3 is 0 Å². The van der Waals surface area contributed by atoms with Crippen molar-refractivity contribution < 1.29 is 4.42 Å². The Labute approximate surface area is 90.5 Å². The molecule has 4 nitrogen and oxygen atoms in total. The first-order valence-electron chi connectivity index (χ1n) is 5.72. The molecule has 0 bridgehead atoms. The van der Waals surface area contributed by atoms with E-state index in [2.05, 4.69) is 16.8 Å². The largest absolute Gasteiger partial charge is 0.428 e. The van der Waals surface area contributed by atoms with Gasteiger partial charge in [0.2, 0.25) is 0 Å². The summed E-state index contributed by atoms with van der Waals surface area (Å²) >= 11 is 0. The predicted molar refractivity (Wildman–Crippen MR) is 60.0 cm³/mol. The Balaban J connectivity index is 2.05. The molecule has 0 spiro atoms. The van der Waals surface area contributed by atoms with E-state index in [4.69, 9.17) is 10.2 Å². The maximum atomic E-state index is 5.71. The normalized spacial score (nSPS) is 19.2. The standard InChI is InChI=1S/C11H19N3O/c1-9(7-12)10-8-13-11(15-10)14-5-3-2-4-6-14/h8-9H,2-7,12H2,1H3. The van der Waals surface area contributed by atoms with Crippen LogP contribution < -0.4 is 10.6 Å². The van der Waals surface area contributed by atoms with Crippen LogP contribution in [0.5, 0.6) is 0 Å². The predicted octanol–water partition coefficient (Wildman–Crippen LogP) is 1.73. The zero-order valence-corrected chi connectivity index (χ0v) is 9.28. The van der Waals surface area contributed by atoms with E-state index in [1.807, 2.05) is 6.20 Å². The average Bonchev–Trinajstić information content (AvgIpc) is 2.78. The third kappa shape index (κ3) is 2.31. The van der Waals surface area contributed by atoms with Crippen LogP contribution in [0.3, 0.4) is 0 Å². The van der Waals surface area contributed by atoms with Gasteiger partial charge in [0.15, 0.2) is 0 Å². The number of nitrogens with zero attached hydrogens (tertiary/aromatic N) is 2. The number of hydrogen-bond acceptors (Lipinski definition) is 4. The highest BCUT2D eigenvalue weighted by Crippen LogP contribution is 2.23. The quantitative estimate of drug-likeness (QED) is 0.823. The Morgan fingerprint density at radius 1 is 1.47 bits per heavy atom. The summed E-state index contributed by atoms with van der Waals surface area (Å²) in [6.07, 6.45) is 5.61. The molecule has 1 aromatic rings. The second kappa shape index (κ2) is 4.66. The van der Waals surface area contributed by atoms with Crippen molar-refractivity contribution in [1.82, 2.24) is 4.98 Å². The monoisotopic (exact) mass is 209 g/mol. The molecular weight excluding hydrogens is 190 g/mol. The molecule has 4 heteroatoms. The molecule has 1 saturated heterocycles. The van der Waals surface area contributed by atoms with Gasteiger partial charge in [-0.2, -0.15) is 0 Å². The van der Waals surface area contributed by atoms with Crippen molar-refractivity contribution in [2.75, 3.05) is 24.5 Å². The molecule has 0 radical (unpaired) electrons. The number of hydrogen-bond donors (Lipinski definition) is 1. The smallest absolute Gasteiger partial charge is 0.297 e. The molecule has 15 heavy (non-hydrogen) atoms. The first-order valence-corrected chi connectivity index (χ1v) is 5.72. The molecular formula is C11H19N3O. The van der Waals surface area contributed by atoms with Crippen LogP contribution in [0.1, 0.15) is 37.9 Å². The third-order valence-corrected chi connectivity index (χ3v) is 2.98. The lowest BCUT2D eigenvalue weighted by Gasteiger charge is -2.24. The first kappa shape index (κ1) is 10.5. The van der Waals surface area contributed by atoms with Crippen LogP contribution in [0.25, 0.3) is 0 Å². The number of aromatic nitrogens is 1. The zero-order valence-electron chi connectivity index (χ0n) is 9.28. The highest BCUT2D eigenvalue weighted by atomic mass is 16.4. The SMILES string of the molecule is CC(CN)c1cnc(N2CCCCC2)o1. The fourth-order valence-electron chi connectivity index (χ4n) is 1.85. The first-order chi connectivity index (χ1) is 7.31. The Morgan fingerprint density at radius 2 is 2.20 bits per heavy atom. The molecule has 0 aromatic carbocycles. The van der Waals surface area contributed by atoms with Crippen LogP contribution in [0.4, 0.5) is 6.01 Å². The van der Waals surface area contributed by atoms with Gasteiger partial charge in [-0.05, 0) is 19.3 Å². The molecule has 1 aromatic heterocycles. The van der Waals surface area contributed by atoms with Crippen molar-refractivity contribution in [3.8, 4) is 0 Å². The highest BCUT2D eigenvalue weighted by Gasteiger charge is 2.17. The summed E-state index contributed by atoms with van der Waals surface area (Å²) in [5, 5.41) is 0. The number of piperidine rings is 1. The number of rotatable bonds is 3. The summed E-state index contributed by atoms with van der Waals surface area (Å²) in [6, 6.07) is 0.769. The van der Waals surface area contributed by atoms with Crippen LogP contribution >= 0.6 is 0 Å². The topological polar surface area (TPSA) is 55.3 Å². The molecule has 0 amide bonds. The van der Waals surface area contributed by atoms with E-state index >= 15 is 0 Å². The zero-order chi connectivity index (χ0) is 10.7. The van der Waals surface area contributed by atoms with Gasteiger partial charge in [0.1, 0.15) is 5.76 Å². The van der Waals surface area contributed by atoms with Crippen molar-refractivity contribution in [3.05, 3.63) is 12.0 Å². The van der Waals surface area contributed by atoms with E-state index in [1.165, 1.54) is 19.3 Å². The van der Waals surface area contributed by atoms with Crippen LogP contribution in [0, 0.1) is 0 Å². The van der Waals surface area contributed by atoms with E-state index in [-0.39, 0.29) is 5.92 Å². The third-order valence-electron chi connectivity index (χ3n) is 2.98. The van der Waals surface area contributed by atoms with E-state index < -0.39 is 0 Å². The minimum Gasteiger partial charge on any atom is -0.428 e. The molecule has 1 fully saturated rings. The molecule has 84 valence electrons. The van der Waals surface area contributed by atoms with Crippen molar-refractivity contribution in [2.24, 2.45) is 5.73 Å². The van der Waals surface area contributed by atoms with Crippen LogP contribution in [-0.2, 0) is 0 Å². The van der Waals surface area contributed by atoms with Gasteiger partial charge in [0.25, 0.3) is 6.01 Å². The second-order valence-electron chi connectivity index (χ2n) is 4.23. The average molecular weight is 209 g/mol. The van der Waals surface area contributed by atoms with Gasteiger partial charge in [-0.15, -0.1) is 0 Å². The molecule has 1 aliphatic heterocycles. The Kier molecular flexibility index (Phi) is 3.26. The van der Waals surface area contributed by atoms with E-state index in [9.17, 15) is 0 Å². The van der Waals surface area contributed by atoms with Gasteiger partial charge in [0.05, 0.1) is 6.20 Å². The summed E-state index contributed by atoms with van der Waals surface area (Å²) in [6.45, 7) is 4.79. The van der Waals surface area contributed by atoms with Gasteiger partial charge in [-0.1, -0.05) is 6.92 Å². The van der Waals surface area contributed by atoms with Gasteiger partial charge in [-0.25, -0.2) is 4.98 Å². The molecule has 2 heterocycles. The van der Waals surface area contributed by atoms with Crippen LogP contribution in [-0.4, -0.2) is 24.6 Å². The molecule has 0 aliphatic carbocycles. The fourth-order valence-corrected chi connectivity index (χ4v) is 1.85. The van der Waals surface area contributed by atoms with E-state index in [0.29, 0.717) is 6.54 Å². The lowest BCUT2D eigenvalue weighted by Crippen LogP contribution is -2.29. The summed E-state index contributed by atoms with van der Waals surface area (Å²) < 4.78 is 5.71. The Bertz CT molecular complexity index is 305. The maximum Gasteiger partial charge on any atom is 0.297 e. The van der Waals surface area contributed by atoms with Crippen molar-refractivity contribution >= 4 is 6.01 Å². The number of oxazole rings is 1. The molecule has 1 aliphatic rings. The van der Waals surface area contributed by atoms with Gasteiger partial charge in [0, 0.05) is 25.6 Å². The van der Waals surface area contributed by atoms with E-state index in [0.717, 1.165) is 24.9 Å². The van der Waals surface area contributed by atoms with Crippen molar-refractivity contribution in [1.29, 1.82) is 0 Å². The molecule has 1 atom stereocenters. The number of nitrogens with two attached hydrogens (primary N) is 1. The fraction of sp³-hybridized carbons (Fsp3) is 0.727. The minimum absolute atomic E-state index is 0.260. The van der Waals surface area contributed by atoms with Gasteiger partial charge < -0.3 is 15.1 Å². The van der Waals surface area contributed by atoms with Crippen LogP contribution in [0.2, 0.25) is 0 Å². The Morgan fingerprint density at radius 3 is 2.87 bits per heavy atom.